The average molecular weight is 242 g/mol. The van der Waals surface area contributed by atoms with Gasteiger partial charge in [0.1, 0.15) is 0 Å². The van der Waals surface area contributed by atoms with E-state index in [2.05, 4.69) is 23.3 Å². The fourth-order valence-electron chi connectivity index (χ4n) is 2.33. The fraction of sp³-hybridized carbons (Fsp3) is 0.846. The summed E-state index contributed by atoms with van der Waals surface area (Å²) in [4.78, 5) is 22.6. The van der Waals surface area contributed by atoms with Crippen molar-refractivity contribution in [3.63, 3.8) is 0 Å². The Morgan fingerprint density at radius 2 is 1.76 bits per heavy atom. The Morgan fingerprint density at radius 3 is 2.24 bits per heavy atom. The van der Waals surface area contributed by atoms with Gasteiger partial charge in [0.2, 0.25) is 0 Å². The quantitative estimate of drug-likeness (QED) is 0.563. The van der Waals surface area contributed by atoms with Crippen LogP contribution in [0.4, 0.5) is 4.79 Å². The van der Waals surface area contributed by atoms with Crippen LogP contribution in [0.1, 0.15) is 46.5 Å². The summed E-state index contributed by atoms with van der Waals surface area (Å²) >= 11 is 0. The molecule has 1 saturated carbocycles. The number of hydrogen-bond donors (Lipinski definition) is 0. The SMILES string of the molecule is CCOC(=O)OC(=O)C1CCC(C(C)C)CC1. The van der Waals surface area contributed by atoms with Crippen LogP contribution in [0.25, 0.3) is 0 Å². The predicted molar refractivity (Wildman–Crippen MR) is 63.4 cm³/mol. The summed E-state index contributed by atoms with van der Waals surface area (Å²) in [5.41, 5.74) is 0. The molecule has 4 nitrogen and oxygen atoms in total. The highest BCUT2D eigenvalue weighted by atomic mass is 16.7. The largest absolute Gasteiger partial charge is 0.516 e. The van der Waals surface area contributed by atoms with Gasteiger partial charge in [0, 0.05) is 0 Å². The van der Waals surface area contributed by atoms with E-state index in [1.54, 1.807) is 6.92 Å². The van der Waals surface area contributed by atoms with E-state index in [4.69, 9.17) is 0 Å². The van der Waals surface area contributed by atoms with E-state index in [9.17, 15) is 9.59 Å². The molecule has 1 rings (SSSR count). The van der Waals surface area contributed by atoms with E-state index in [1.165, 1.54) is 0 Å². The predicted octanol–water partition coefficient (Wildman–Crippen LogP) is 3.15. The molecule has 0 N–H and O–H groups in total. The lowest BCUT2D eigenvalue weighted by Crippen LogP contribution is -2.27. The van der Waals surface area contributed by atoms with Crippen LogP contribution in [-0.2, 0) is 14.3 Å². The molecule has 1 aliphatic rings. The molecule has 0 saturated heterocycles. The first-order chi connectivity index (χ1) is 8.04. The smallest absolute Gasteiger partial charge is 0.434 e. The van der Waals surface area contributed by atoms with Gasteiger partial charge in [-0.25, -0.2) is 4.79 Å². The van der Waals surface area contributed by atoms with Gasteiger partial charge < -0.3 is 9.47 Å². The van der Waals surface area contributed by atoms with Crippen molar-refractivity contribution in [2.24, 2.45) is 17.8 Å². The number of carbonyl (C=O) groups is 2. The van der Waals surface area contributed by atoms with Gasteiger partial charge in [0.15, 0.2) is 0 Å². The van der Waals surface area contributed by atoms with E-state index >= 15 is 0 Å². The minimum absolute atomic E-state index is 0.130. The Kier molecular flexibility index (Phi) is 5.45. The lowest BCUT2D eigenvalue weighted by Gasteiger charge is -2.29. The van der Waals surface area contributed by atoms with Crippen LogP contribution in [0.5, 0.6) is 0 Å². The second-order valence-electron chi connectivity index (χ2n) is 4.96. The molecule has 0 unspecified atom stereocenters. The van der Waals surface area contributed by atoms with E-state index in [-0.39, 0.29) is 12.5 Å². The van der Waals surface area contributed by atoms with Crippen molar-refractivity contribution in [3.05, 3.63) is 0 Å². The normalized spacial score (nSPS) is 24.5. The van der Waals surface area contributed by atoms with Gasteiger partial charge >= 0.3 is 12.1 Å². The van der Waals surface area contributed by atoms with Crippen LogP contribution >= 0.6 is 0 Å². The van der Waals surface area contributed by atoms with Crippen molar-refractivity contribution in [2.75, 3.05) is 6.61 Å². The lowest BCUT2D eigenvalue weighted by atomic mass is 9.77. The Hall–Kier alpha value is -1.06. The van der Waals surface area contributed by atoms with Crippen molar-refractivity contribution in [2.45, 2.75) is 46.5 Å². The number of hydrogen-bond acceptors (Lipinski definition) is 4. The molecule has 1 aliphatic carbocycles. The zero-order chi connectivity index (χ0) is 12.8. The van der Waals surface area contributed by atoms with E-state index in [0.717, 1.165) is 25.7 Å². The third-order valence-electron chi connectivity index (χ3n) is 3.49. The molecule has 0 amide bonds. The Bertz CT molecular complexity index is 265. The first-order valence-corrected chi connectivity index (χ1v) is 6.43. The molecular formula is C13H22O4. The molecule has 0 atom stereocenters. The van der Waals surface area contributed by atoms with E-state index in [0.29, 0.717) is 11.8 Å². The highest BCUT2D eigenvalue weighted by Crippen LogP contribution is 2.33. The highest BCUT2D eigenvalue weighted by molar-refractivity contribution is 5.83. The standard InChI is InChI=1S/C13H22O4/c1-4-16-13(15)17-12(14)11-7-5-10(6-8-11)9(2)3/h9-11H,4-8H2,1-3H3. The lowest BCUT2D eigenvalue weighted by molar-refractivity contribution is -0.145. The van der Waals surface area contributed by atoms with E-state index < -0.39 is 12.1 Å². The number of ether oxygens (including phenoxy) is 2. The summed E-state index contributed by atoms with van der Waals surface area (Å²) in [6.45, 7) is 6.33. The molecular weight excluding hydrogens is 220 g/mol. The van der Waals surface area contributed by atoms with Crippen LogP contribution in [0, 0.1) is 17.8 Å². The molecule has 1 fully saturated rings. The molecule has 0 heterocycles. The summed E-state index contributed by atoms with van der Waals surface area (Å²) in [6.07, 6.45) is 2.85. The van der Waals surface area contributed by atoms with Gasteiger partial charge in [-0.3, -0.25) is 4.79 Å². The highest BCUT2D eigenvalue weighted by Gasteiger charge is 2.30. The topological polar surface area (TPSA) is 52.6 Å². The molecule has 0 aromatic rings. The molecule has 0 radical (unpaired) electrons. The van der Waals surface area contributed by atoms with Crippen LogP contribution in [-0.4, -0.2) is 18.7 Å². The van der Waals surface area contributed by atoms with Gasteiger partial charge in [-0.05, 0) is 44.4 Å². The van der Waals surface area contributed by atoms with Crippen LogP contribution in [0.3, 0.4) is 0 Å². The van der Waals surface area contributed by atoms with Crippen LogP contribution < -0.4 is 0 Å². The van der Waals surface area contributed by atoms with Gasteiger partial charge in [-0.15, -0.1) is 0 Å². The maximum Gasteiger partial charge on any atom is 0.516 e. The second kappa shape index (κ2) is 6.62. The molecule has 17 heavy (non-hydrogen) atoms. The van der Waals surface area contributed by atoms with E-state index in [1.807, 2.05) is 0 Å². The summed E-state index contributed by atoms with van der Waals surface area (Å²) in [6, 6.07) is 0. The minimum Gasteiger partial charge on any atom is -0.434 e. The molecule has 0 aliphatic heterocycles. The average Bonchev–Trinajstić information content (AvgIpc) is 2.29. The Balaban J connectivity index is 2.33. The summed E-state index contributed by atoms with van der Waals surface area (Å²) in [5.74, 6) is 0.804. The number of rotatable bonds is 3. The first kappa shape index (κ1) is 14.0. The maximum atomic E-state index is 11.6. The molecule has 4 heteroatoms. The van der Waals surface area contributed by atoms with Gasteiger partial charge in [-0.1, -0.05) is 13.8 Å². The molecule has 0 aromatic carbocycles. The van der Waals surface area contributed by atoms with Crippen molar-refractivity contribution in [1.29, 1.82) is 0 Å². The summed E-state index contributed by atoms with van der Waals surface area (Å²) in [7, 11) is 0. The minimum atomic E-state index is -0.872. The molecule has 0 bridgehead atoms. The molecule has 0 spiro atoms. The zero-order valence-electron chi connectivity index (χ0n) is 10.9. The fourth-order valence-corrected chi connectivity index (χ4v) is 2.33. The summed E-state index contributed by atoms with van der Waals surface area (Å²) in [5, 5.41) is 0. The Labute approximate surface area is 103 Å². The first-order valence-electron chi connectivity index (χ1n) is 6.43. The van der Waals surface area contributed by atoms with Crippen LogP contribution in [0.15, 0.2) is 0 Å². The van der Waals surface area contributed by atoms with Gasteiger partial charge in [0.25, 0.3) is 0 Å². The Morgan fingerprint density at radius 1 is 1.18 bits per heavy atom. The molecule has 0 aromatic heterocycles. The van der Waals surface area contributed by atoms with Gasteiger partial charge in [-0.2, -0.15) is 0 Å². The molecule has 98 valence electrons. The number of esters is 1. The van der Waals surface area contributed by atoms with Gasteiger partial charge in [0.05, 0.1) is 12.5 Å². The van der Waals surface area contributed by atoms with Crippen LogP contribution in [0.2, 0.25) is 0 Å². The summed E-state index contributed by atoms with van der Waals surface area (Å²) < 4.78 is 9.21. The zero-order valence-corrected chi connectivity index (χ0v) is 10.9. The van der Waals surface area contributed by atoms with Crippen molar-refractivity contribution >= 4 is 12.1 Å². The third-order valence-corrected chi connectivity index (χ3v) is 3.49. The van der Waals surface area contributed by atoms with Crippen molar-refractivity contribution in [1.82, 2.24) is 0 Å². The van der Waals surface area contributed by atoms with Crippen molar-refractivity contribution < 1.29 is 19.1 Å². The second-order valence-corrected chi connectivity index (χ2v) is 4.96. The monoisotopic (exact) mass is 242 g/mol. The third kappa shape index (κ3) is 4.36. The van der Waals surface area contributed by atoms with Crippen molar-refractivity contribution in [3.8, 4) is 0 Å². The number of carbonyl (C=O) groups excluding carboxylic acids is 2. The maximum absolute atomic E-state index is 11.6.